The quantitative estimate of drug-likeness (QED) is 0.623. The number of halogens is 2. The Balaban J connectivity index is 1.87. The highest BCUT2D eigenvalue weighted by Crippen LogP contribution is 2.32. The maximum Gasteiger partial charge on any atom is 0.267 e. The summed E-state index contributed by atoms with van der Waals surface area (Å²) in [5.41, 5.74) is 2.58. The molecule has 1 atom stereocenters. The molecule has 3 rings (SSSR count). The Hall–Kier alpha value is -2.48. The number of nitrogens with zero attached hydrogens (tertiary/aromatic N) is 2. The predicted octanol–water partition coefficient (Wildman–Crippen LogP) is 4.79. The van der Waals surface area contributed by atoms with Crippen LogP contribution in [0.5, 0.6) is 0 Å². The number of para-hydroxylation sites is 1. The summed E-state index contributed by atoms with van der Waals surface area (Å²) in [6, 6.07) is 14.9. The first-order valence-electron chi connectivity index (χ1n) is 7.74. The number of anilines is 2. The van der Waals surface area contributed by atoms with Crippen LogP contribution in [0, 0.1) is 11.3 Å². The van der Waals surface area contributed by atoms with Gasteiger partial charge < -0.3 is 10.2 Å². The minimum Gasteiger partial charge on any atom is -0.343 e. The van der Waals surface area contributed by atoms with Gasteiger partial charge in [0.15, 0.2) is 0 Å². The Labute approximate surface area is 156 Å². The van der Waals surface area contributed by atoms with Crippen molar-refractivity contribution in [3.8, 4) is 6.07 Å². The van der Waals surface area contributed by atoms with Crippen LogP contribution in [-0.4, -0.2) is 11.9 Å². The molecular weight excluding hydrogens is 357 g/mol. The molecule has 1 N–H and O–H groups in total. The normalized spacial score (nSPS) is 16.3. The molecule has 0 saturated carbocycles. The summed E-state index contributed by atoms with van der Waals surface area (Å²) in [5, 5.41) is 12.9. The van der Waals surface area contributed by atoms with Crippen LogP contribution >= 0.6 is 23.2 Å². The second kappa shape index (κ2) is 7.18. The van der Waals surface area contributed by atoms with Crippen molar-refractivity contribution >= 4 is 40.5 Å². The summed E-state index contributed by atoms with van der Waals surface area (Å²) in [7, 11) is 0. The van der Waals surface area contributed by atoms with Crippen LogP contribution in [0.15, 0.2) is 54.2 Å². The average molecular weight is 372 g/mol. The van der Waals surface area contributed by atoms with E-state index in [0.29, 0.717) is 15.7 Å². The molecule has 4 nitrogen and oxygen atoms in total. The molecule has 25 heavy (non-hydrogen) atoms. The van der Waals surface area contributed by atoms with Gasteiger partial charge in [0.2, 0.25) is 0 Å². The molecule has 0 bridgehead atoms. The molecule has 2 aromatic rings. The van der Waals surface area contributed by atoms with Crippen LogP contribution in [0.2, 0.25) is 10.0 Å². The third-order valence-electron chi connectivity index (χ3n) is 4.07. The van der Waals surface area contributed by atoms with E-state index in [0.717, 1.165) is 12.1 Å². The van der Waals surface area contributed by atoms with Crippen LogP contribution < -0.4 is 10.2 Å². The molecule has 1 aliphatic rings. The van der Waals surface area contributed by atoms with Gasteiger partial charge in [-0.3, -0.25) is 4.79 Å². The monoisotopic (exact) mass is 371 g/mol. The number of amides is 1. The summed E-state index contributed by atoms with van der Waals surface area (Å²) in [6.45, 7) is 2.05. The number of rotatable bonds is 3. The lowest BCUT2D eigenvalue weighted by molar-refractivity contribution is -0.112. The van der Waals surface area contributed by atoms with Gasteiger partial charge in [-0.05, 0) is 43.2 Å². The zero-order valence-electron chi connectivity index (χ0n) is 13.5. The number of nitrogens with one attached hydrogen (secondary N) is 1. The van der Waals surface area contributed by atoms with Crippen LogP contribution in [0.1, 0.15) is 12.5 Å². The summed E-state index contributed by atoms with van der Waals surface area (Å²) < 4.78 is 0. The van der Waals surface area contributed by atoms with Gasteiger partial charge in [0.05, 0.1) is 10.7 Å². The van der Waals surface area contributed by atoms with Crippen molar-refractivity contribution in [1.29, 1.82) is 5.26 Å². The second-order valence-electron chi connectivity index (χ2n) is 5.82. The fourth-order valence-electron chi connectivity index (χ4n) is 2.85. The van der Waals surface area contributed by atoms with Gasteiger partial charge >= 0.3 is 0 Å². The third kappa shape index (κ3) is 3.63. The molecule has 1 unspecified atom stereocenters. The van der Waals surface area contributed by atoms with Crippen molar-refractivity contribution in [3.63, 3.8) is 0 Å². The highest BCUT2D eigenvalue weighted by atomic mass is 35.5. The molecular formula is C19H15Cl2N3O. The average Bonchev–Trinajstić information content (AvgIpc) is 2.91. The van der Waals surface area contributed by atoms with E-state index in [-0.39, 0.29) is 11.6 Å². The van der Waals surface area contributed by atoms with E-state index >= 15 is 0 Å². The first kappa shape index (κ1) is 17.3. The molecule has 0 fully saturated rings. The topological polar surface area (TPSA) is 56.1 Å². The minimum absolute atomic E-state index is 0.000375. The van der Waals surface area contributed by atoms with Gasteiger partial charge in [-0.1, -0.05) is 41.4 Å². The molecule has 1 aliphatic heterocycles. The van der Waals surface area contributed by atoms with Crippen molar-refractivity contribution in [3.05, 3.63) is 69.8 Å². The number of hydrogen-bond acceptors (Lipinski definition) is 3. The van der Waals surface area contributed by atoms with Crippen LogP contribution in [0.4, 0.5) is 11.4 Å². The van der Waals surface area contributed by atoms with E-state index in [1.54, 1.807) is 24.4 Å². The van der Waals surface area contributed by atoms with Gasteiger partial charge in [0.25, 0.3) is 5.91 Å². The zero-order chi connectivity index (χ0) is 18.0. The molecule has 1 heterocycles. The molecule has 1 amide bonds. The molecule has 0 radical (unpaired) electrons. The van der Waals surface area contributed by atoms with Gasteiger partial charge in [0.1, 0.15) is 11.6 Å². The van der Waals surface area contributed by atoms with Crippen molar-refractivity contribution < 1.29 is 4.79 Å². The Bertz CT molecular complexity index is 902. The van der Waals surface area contributed by atoms with Crippen molar-refractivity contribution in [1.82, 2.24) is 0 Å². The SMILES string of the molecule is CC1Cc2ccccc2N1/C=C(/C#N)C(=O)Nc1cc(Cl)ccc1Cl. The predicted molar refractivity (Wildman–Crippen MR) is 101 cm³/mol. The Kier molecular flexibility index (Phi) is 4.98. The highest BCUT2D eigenvalue weighted by molar-refractivity contribution is 6.36. The van der Waals surface area contributed by atoms with E-state index in [1.807, 2.05) is 29.2 Å². The highest BCUT2D eigenvalue weighted by Gasteiger charge is 2.25. The van der Waals surface area contributed by atoms with E-state index in [1.165, 1.54) is 5.56 Å². The van der Waals surface area contributed by atoms with Gasteiger partial charge in [-0.25, -0.2) is 0 Å². The van der Waals surface area contributed by atoms with Crippen molar-refractivity contribution in [2.24, 2.45) is 0 Å². The lowest BCUT2D eigenvalue weighted by Crippen LogP contribution is -2.25. The second-order valence-corrected chi connectivity index (χ2v) is 6.67. The van der Waals surface area contributed by atoms with E-state index in [9.17, 15) is 10.1 Å². The minimum atomic E-state index is -0.525. The first-order chi connectivity index (χ1) is 12.0. The first-order valence-corrected chi connectivity index (χ1v) is 8.49. The molecule has 0 spiro atoms. The number of carbonyl (C=O) groups is 1. The van der Waals surface area contributed by atoms with Crippen molar-refractivity contribution in [2.45, 2.75) is 19.4 Å². The summed E-state index contributed by atoms with van der Waals surface area (Å²) in [4.78, 5) is 14.4. The largest absolute Gasteiger partial charge is 0.343 e. The lowest BCUT2D eigenvalue weighted by Gasteiger charge is -2.20. The molecule has 0 aromatic heterocycles. The number of hydrogen-bond donors (Lipinski definition) is 1. The fourth-order valence-corrected chi connectivity index (χ4v) is 3.18. The zero-order valence-corrected chi connectivity index (χ0v) is 15.0. The van der Waals surface area contributed by atoms with Crippen LogP contribution in [0.3, 0.4) is 0 Å². The number of fused-ring (bicyclic) bond motifs is 1. The summed E-state index contributed by atoms with van der Waals surface area (Å²) >= 11 is 12.0. The van der Waals surface area contributed by atoms with E-state index in [4.69, 9.17) is 23.2 Å². The Morgan fingerprint density at radius 3 is 2.84 bits per heavy atom. The maximum atomic E-state index is 12.5. The Morgan fingerprint density at radius 1 is 1.32 bits per heavy atom. The van der Waals surface area contributed by atoms with E-state index in [2.05, 4.69) is 18.3 Å². The van der Waals surface area contributed by atoms with Gasteiger partial charge in [0, 0.05) is 23.0 Å². The maximum absolute atomic E-state index is 12.5. The van der Waals surface area contributed by atoms with E-state index < -0.39 is 5.91 Å². The Morgan fingerprint density at radius 2 is 2.08 bits per heavy atom. The number of carbonyl (C=O) groups excluding carboxylic acids is 1. The molecule has 0 aliphatic carbocycles. The third-order valence-corrected chi connectivity index (χ3v) is 4.63. The van der Waals surface area contributed by atoms with Crippen LogP contribution in [0.25, 0.3) is 0 Å². The number of nitriles is 1. The van der Waals surface area contributed by atoms with Gasteiger partial charge in [-0.2, -0.15) is 5.26 Å². The summed E-state index contributed by atoms with van der Waals surface area (Å²) in [6.07, 6.45) is 2.46. The fraction of sp³-hybridized carbons (Fsp3) is 0.158. The number of benzene rings is 2. The molecule has 6 heteroatoms. The summed E-state index contributed by atoms with van der Waals surface area (Å²) in [5.74, 6) is -0.525. The lowest BCUT2D eigenvalue weighted by atomic mass is 10.1. The molecule has 126 valence electrons. The van der Waals surface area contributed by atoms with Crippen LogP contribution in [-0.2, 0) is 11.2 Å². The smallest absolute Gasteiger partial charge is 0.267 e. The van der Waals surface area contributed by atoms with Crippen molar-refractivity contribution in [2.75, 3.05) is 10.2 Å². The molecule has 2 aromatic carbocycles. The van der Waals surface area contributed by atoms with Gasteiger partial charge in [-0.15, -0.1) is 0 Å². The standard InChI is InChI=1S/C19H15Cl2N3O/c1-12-8-13-4-2-3-5-18(13)24(12)11-14(10-22)19(25)23-17-9-15(20)6-7-16(17)21/h2-7,9,11-12H,8H2,1H3,(H,23,25)/b14-11-. The molecule has 0 saturated heterocycles.